The van der Waals surface area contributed by atoms with E-state index in [9.17, 15) is 22.8 Å². The van der Waals surface area contributed by atoms with Crippen molar-refractivity contribution in [2.45, 2.75) is 6.42 Å². The molecule has 130 valence electrons. The molecule has 1 aliphatic rings. The molecule has 0 aromatic heterocycles. The molecule has 0 aliphatic carbocycles. The minimum Gasteiger partial charge on any atom is -0.480 e. The number of carbonyl (C=O) groups excluding carboxylic acids is 2. The summed E-state index contributed by atoms with van der Waals surface area (Å²) in [7, 11) is -3.65. The first-order chi connectivity index (χ1) is 11.2. The number of anilines is 1. The summed E-state index contributed by atoms with van der Waals surface area (Å²) in [5.74, 6) is -2.53. The second kappa shape index (κ2) is 6.97. The van der Waals surface area contributed by atoms with Crippen molar-refractivity contribution < 1.29 is 27.9 Å². The van der Waals surface area contributed by atoms with Gasteiger partial charge in [0.05, 0.1) is 5.75 Å². The van der Waals surface area contributed by atoms with Gasteiger partial charge in [-0.3, -0.25) is 14.4 Å². The highest BCUT2D eigenvalue weighted by molar-refractivity contribution is 7.89. The molecule has 1 fully saturated rings. The molecule has 2 rings (SSSR count). The van der Waals surface area contributed by atoms with Gasteiger partial charge in [-0.15, -0.1) is 0 Å². The average molecular weight is 355 g/mol. The fraction of sp³-hybridized carbons (Fsp3) is 0.357. The number of benzene rings is 1. The van der Waals surface area contributed by atoms with E-state index in [-0.39, 0.29) is 36.1 Å². The van der Waals surface area contributed by atoms with Crippen LogP contribution in [0.3, 0.4) is 0 Å². The van der Waals surface area contributed by atoms with Gasteiger partial charge in [0, 0.05) is 30.1 Å². The van der Waals surface area contributed by atoms with Gasteiger partial charge < -0.3 is 15.3 Å². The van der Waals surface area contributed by atoms with E-state index in [1.165, 1.54) is 17.0 Å². The van der Waals surface area contributed by atoms with E-state index in [2.05, 4.69) is 5.32 Å². The Morgan fingerprint density at radius 2 is 1.92 bits per heavy atom. The lowest BCUT2D eigenvalue weighted by molar-refractivity contribution is -0.135. The third kappa shape index (κ3) is 4.77. The van der Waals surface area contributed by atoms with Crippen LogP contribution in [0.5, 0.6) is 0 Å². The molecule has 1 heterocycles. The van der Waals surface area contributed by atoms with Crippen LogP contribution < -0.4 is 15.4 Å². The third-order valence-corrected chi connectivity index (χ3v) is 4.45. The second-order valence-corrected chi connectivity index (χ2v) is 7.19. The van der Waals surface area contributed by atoms with Gasteiger partial charge in [0.1, 0.15) is 6.54 Å². The number of nitrogens with zero attached hydrogens (tertiary/aromatic N) is 1. The van der Waals surface area contributed by atoms with E-state index < -0.39 is 28.4 Å². The summed E-state index contributed by atoms with van der Waals surface area (Å²) in [6.45, 7) is -0.250. The fourth-order valence-electron chi connectivity index (χ4n) is 2.52. The zero-order valence-corrected chi connectivity index (χ0v) is 13.5. The standard InChI is InChI=1S/C14H17N3O6S/c15-24(22,23)8-9-5-12(18)17(7-9)11-3-1-10(2-4-11)14(21)16-6-13(19)20/h1-4,9H,5-8H2,(H,16,21)(H,19,20)(H2,15,22,23). The molecule has 10 heteroatoms. The molecule has 0 spiro atoms. The lowest BCUT2D eigenvalue weighted by Gasteiger charge is -2.17. The number of aliphatic carboxylic acids is 1. The predicted octanol–water partition coefficient (Wildman–Crippen LogP) is -0.858. The van der Waals surface area contributed by atoms with Crippen molar-refractivity contribution in [3.05, 3.63) is 29.8 Å². The molecule has 1 aromatic rings. The number of hydrogen-bond donors (Lipinski definition) is 3. The Balaban J connectivity index is 2.04. The van der Waals surface area contributed by atoms with Crippen LogP contribution in [-0.4, -0.2) is 50.2 Å². The van der Waals surface area contributed by atoms with Gasteiger partial charge in [-0.1, -0.05) is 0 Å². The van der Waals surface area contributed by atoms with Crippen LogP contribution in [0.1, 0.15) is 16.8 Å². The number of rotatable bonds is 6. The zero-order chi connectivity index (χ0) is 17.9. The Morgan fingerprint density at radius 3 is 2.46 bits per heavy atom. The van der Waals surface area contributed by atoms with Gasteiger partial charge in [0.2, 0.25) is 15.9 Å². The second-order valence-electron chi connectivity index (χ2n) is 5.53. The maximum absolute atomic E-state index is 12.0. The van der Waals surface area contributed by atoms with E-state index >= 15 is 0 Å². The molecular formula is C14H17N3O6S. The summed E-state index contributed by atoms with van der Waals surface area (Å²) in [6.07, 6.45) is 0.0945. The summed E-state index contributed by atoms with van der Waals surface area (Å²) in [4.78, 5) is 35.6. The van der Waals surface area contributed by atoms with Gasteiger partial charge in [0.25, 0.3) is 5.91 Å². The van der Waals surface area contributed by atoms with E-state index in [1.807, 2.05) is 0 Å². The van der Waals surface area contributed by atoms with Crippen molar-refractivity contribution in [1.82, 2.24) is 5.32 Å². The van der Waals surface area contributed by atoms with Crippen molar-refractivity contribution in [3.8, 4) is 0 Å². The topological polar surface area (TPSA) is 147 Å². The summed E-state index contributed by atoms with van der Waals surface area (Å²) >= 11 is 0. The number of carbonyl (C=O) groups is 3. The Morgan fingerprint density at radius 1 is 1.29 bits per heavy atom. The molecule has 1 atom stereocenters. The van der Waals surface area contributed by atoms with E-state index in [4.69, 9.17) is 10.2 Å². The normalized spacial score (nSPS) is 17.8. The Bertz CT molecular complexity index is 759. The molecule has 0 saturated carbocycles. The first kappa shape index (κ1) is 17.9. The molecule has 1 saturated heterocycles. The highest BCUT2D eigenvalue weighted by atomic mass is 32.2. The quantitative estimate of drug-likeness (QED) is 0.605. The maximum Gasteiger partial charge on any atom is 0.322 e. The number of carboxylic acid groups (broad SMARTS) is 1. The summed E-state index contributed by atoms with van der Waals surface area (Å²) < 4.78 is 22.3. The van der Waals surface area contributed by atoms with Gasteiger partial charge in [-0.05, 0) is 24.3 Å². The van der Waals surface area contributed by atoms with E-state index in [0.29, 0.717) is 5.69 Å². The van der Waals surface area contributed by atoms with Crippen molar-refractivity contribution in [3.63, 3.8) is 0 Å². The third-order valence-electron chi connectivity index (χ3n) is 3.51. The minimum atomic E-state index is -3.65. The van der Waals surface area contributed by atoms with Gasteiger partial charge in [-0.25, -0.2) is 13.6 Å². The largest absolute Gasteiger partial charge is 0.480 e. The number of nitrogens with two attached hydrogens (primary N) is 1. The van der Waals surface area contributed by atoms with Crippen LogP contribution in [0.4, 0.5) is 5.69 Å². The monoisotopic (exact) mass is 355 g/mol. The van der Waals surface area contributed by atoms with E-state index in [0.717, 1.165) is 0 Å². The van der Waals surface area contributed by atoms with Crippen molar-refractivity contribution in [2.75, 3.05) is 23.7 Å². The van der Waals surface area contributed by atoms with Gasteiger partial charge in [-0.2, -0.15) is 0 Å². The number of nitrogens with one attached hydrogen (secondary N) is 1. The minimum absolute atomic E-state index is 0.0945. The van der Waals surface area contributed by atoms with Crippen molar-refractivity contribution >= 4 is 33.5 Å². The van der Waals surface area contributed by atoms with Crippen LogP contribution >= 0.6 is 0 Å². The number of primary sulfonamides is 1. The Labute approximate surface area is 138 Å². The first-order valence-electron chi connectivity index (χ1n) is 7.06. The van der Waals surface area contributed by atoms with Crippen molar-refractivity contribution in [2.24, 2.45) is 11.1 Å². The zero-order valence-electron chi connectivity index (χ0n) is 12.6. The lowest BCUT2D eigenvalue weighted by atomic mass is 10.1. The predicted molar refractivity (Wildman–Crippen MR) is 84.8 cm³/mol. The summed E-state index contributed by atoms with van der Waals surface area (Å²) in [5.41, 5.74) is 0.791. The van der Waals surface area contributed by atoms with Crippen LogP contribution in [-0.2, 0) is 19.6 Å². The smallest absolute Gasteiger partial charge is 0.322 e. The van der Waals surface area contributed by atoms with Crippen molar-refractivity contribution in [1.29, 1.82) is 0 Å². The van der Waals surface area contributed by atoms with Gasteiger partial charge >= 0.3 is 5.97 Å². The maximum atomic E-state index is 12.0. The van der Waals surface area contributed by atoms with Crippen LogP contribution in [0.25, 0.3) is 0 Å². The number of amides is 2. The lowest BCUT2D eigenvalue weighted by Crippen LogP contribution is -2.29. The molecule has 9 nitrogen and oxygen atoms in total. The SMILES string of the molecule is NS(=O)(=O)CC1CC(=O)N(c2ccc(C(=O)NCC(=O)O)cc2)C1. The molecule has 0 radical (unpaired) electrons. The number of carboxylic acids is 1. The highest BCUT2D eigenvalue weighted by Gasteiger charge is 2.32. The van der Waals surface area contributed by atoms with E-state index in [1.54, 1.807) is 12.1 Å². The molecule has 4 N–H and O–H groups in total. The molecule has 1 aromatic carbocycles. The Hall–Kier alpha value is -2.46. The van der Waals surface area contributed by atoms with Crippen LogP contribution in [0.15, 0.2) is 24.3 Å². The van der Waals surface area contributed by atoms with Crippen LogP contribution in [0.2, 0.25) is 0 Å². The summed E-state index contributed by atoms with van der Waals surface area (Å²) in [5, 5.41) is 15.8. The van der Waals surface area contributed by atoms with Crippen LogP contribution in [0, 0.1) is 5.92 Å². The molecule has 0 bridgehead atoms. The highest BCUT2D eigenvalue weighted by Crippen LogP contribution is 2.26. The van der Waals surface area contributed by atoms with Gasteiger partial charge in [0.15, 0.2) is 0 Å². The molecule has 2 amide bonds. The molecule has 1 aliphatic heterocycles. The molecule has 1 unspecified atom stereocenters. The Kier molecular flexibility index (Phi) is 5.20. The molecule has 24 heavy (non-hydrogen) atoms. The fourth-order valence-corrected chi connectivity index (χ4v) is 3.40. The first-order valence-corrected chi connectivity index (χ1v) is 8.78. The average Bonchev–Trinajstić information content (AvgIpc) is 2.83. The molecular weight excluding hydrogens is 338 g/mol. The summed E-state index contributed by atoms with van der Waals surface area (Å²) in [6, 6.07) is 6.03. The number of sulfonamides is 1. The number of hydrogen-bond acceptors (Lipinski definition) is 5.